The fraction of sp³-hybridized carbons (Fsp3) is 0.692. The number of aromatic nitrogens is 1. The first-order valence-corrected chi connectivity index (χ1v) is 7.92. The summed E-state index contributed by atoms with van der Waals surface area (Å²) in [6, 6.07) is 1.44. The molecular weight excluding hydrogens is 264 g/mol. The molecule has 0 aromatic carbocycles. The quantitative estimate of drug-likeness (QED) is 0.864. The van der Waals surface area contributed by atoms with Crippen molar-refractivity contribution < 1.29 is 13.5 Å². The third-order valence-electron chi connectivity index (χ3n) is 2.97. The van der Waals surface area contributed by atoms with E-state index in [4.69, 9.17) is 5.11 Å². The van der Waals surface area contributed by atoms with E-state index in [1.54, 1.807) is 17.8 Å². The molecule has 5 nitrogen and oxygen atoms in total. The molecule has 1 N–H and O–H groups in total. The second kappa shape index (κ2) is 6.07. The van der Waals surface area contributed by atoms with E-state index in [9.17, 15) is 8.42 Å². The minimum Gasteiger partial charge on any atom is -0.390 e. The maximum Gasteiger partial charge on any atom is 0.244 e. The van der Waals surface area contributed by atoms with Gasteiger partial charge in [-0.15, -0.1) is 0 Å². The van der Waals surface area contributed by atoms with Crippen molar-refractivity contribution in [2.45, 2.75) is 45.2 Å². The molecule has 0 aliphatic rings. The van der Waals surface area contributed by atoms with Gasteiger partial charge in [-0.2, -0.15) is 4.31 Å². The second-order valence-corrected chi connectivity index (χ2v) is 7.39. The van der Waals surface area contributed by atoms with E-state index in [0.717, 1.165) is 0 Å². The second-order valence-electron chi connectivity index (χ2n) is 5.50. The zero-order valence-electron chi connectivity index (χ0n) is 12.3. The zero-order chi connectivity index (χ0) is 14.8. The Morgan fingerprint density at radius 2 is 1.89 bits per heavy atom. The van der Waals surface area contributed by atoms with Gasteiger partial charge in [0.1, 0.15) is 4.90 Å². The predicted molar refractivity (Wildman–Crippen MR) is 75.2 cm³/mol. The van der Waals surface area contributed by atoms with E-state index in [1.807, 2.05) is 27.7 Å². The first kappa shape index (κ1) is 16.2. The molecule has 0 saturated heterocycles. The van der Waals surface area contributed by atoms with Gasteiger partial charge in [0.15, 0.2) is 0 Å². The van der Waals surface area contributed by atoms with Crippen LogP contribution in [0.15, 0.2) is 17.2 Å². The highest BCUT2D eigenvalue weighted by atomic mass is 32.2. The van der Waals surface area contributed by atoms with Crippen LogP contribution in [0.4, 0.5) is 0 Å². The smallest absolute Gasteiger partial charge is 0.244 e. The lowest BCUT2D eigenvalue weighted by molar-refractivity contribution is 0.272. The summed E-state index contributed by atoms with van der Waals surface area (Å²) in [7, 11) is -1.78. The van der Waals surface area contributed by atoms with Gasteiger partial charge in [0, 0.05) is 31.5 Å². The number of rotatable bonds is 6. The molecule has 0 spiro atoms. The largest absolute Gasteiger partial charge is 0.390 e. The molecular formula is C13H24N2O3S. The Hall–Kier alpha value is -0.850. The van der Waals surface area contributed by atoms with Crippen LogP contribution >= 0.6 is 0 Å². The monoisotopic (exact) mass is 288 g/mol. The third kappa shape index (κ3) is 3.58. The van der Waals surface area contributed by atoms with Crippen molar-refractivity contribution in [3.63, 3.8) is 0 Å². The van der Waals surface area contributed by atoms with Gasteiger partial charge in [-0.05, 0) is 25.8 Å². The maximum atomic E-state index is 12.6. The summed E-state index contributed by atoms with van der Waals surface area (Å²) in [5.74, 6) is 0.262. The van der Waals surface area contributed by atoms with Crippen LogP contribution in [-0.2, 0) is 23.7 Å². The van der Waals surface area contributed by atoms with Crippen molar-refractivity contribution >= 4 is 10.0 Å². The summed E-state index contributed by atoms with van der Waals surface area (Å²) >= 11 is 0. The highest BCUT2D eigenvalue weighted by molar-refractivity contribution is 7.89. The van der Waals surface area contributed by atoms with Gasteiger partial charge in [0.25, 0.3) is 0 Å². The first-order chi connectivity index (χ1) is 8.70. The van der Waals surface area contributed by atoms with E-state index >= 15 is 0 Å². The van der Waals surface area contributed by atoms with Gasteiger partial charge in [-0.3, -0.25) is 0 Å². The third-order valence-corrected chi connectivity index (χ3v) is 4.98. The predicted octanol–water partition coefficient (Wildman–Crippen LogP) is 1.57. The molecule has 0 radical (unpaired) electrons. The van der Waals surface area contributed by atoms with Crippen molar-refractivity contribution in [1.82, 2.24) is 8.87 Å². The van der Waals surface area contributed by atoms with Gasteiger partial charge in [0.2, 0.25) is 10.0 Å². The average molecular weight is 288 g/mol. The molecule has 0 atom stereocenters. The van der Waals surface area contributed by atoms with E-state index in [-0.39, 0.29) is 23.5 Å². The molecule has 0 aliphatic heterocycles. The first-order valence-electron chi connectivity index (χ1n) is 6.48. The SMILES string of the molecule is CC(C)CN(C(C)C)S(=O)(=O)c1cc(CO)n(C)c1. The van der Waals surface area contributed by atoms with E-state index in [1.165, 1.54) is 10.4 Å². The highest BCUT2D eigenvalue weighted by Crippen LogP contribution is 2.21. The number of hydrogen-bond donors (Lipinski definition) is 1. The molecule has 1 aromatic heterocycles. The van der Waals surface area contributed by atoms with Crippen LogP contribution in [0.5, 0.6) is 0 Å². The van der Waals surface area contributed by atoms with Crippen LogP contribution < -0.4 is 0 Å². The van der Waals surface area contributed by atoms with Crippen LogP contribution in [-0.4, -0.2) is 35.0 Å². The molecule has 0 unspecified atom stereocenters. The van der Waals surface area contributed by atoms with E-state index in [0.29, 0.717) is 12.2 Å². The minimum atomic E-state index is -3.51. The van der Waals surface area contributed by atoms with Gasteiger partial charge in [0.05, 0.1) is 6.61 Å². The number of sulfonamides is 1. The van der Waals surface area contributed by atoms with Gasteiger partial charge in [-0.25, -0.2) is 8.42 Å². The molecule has 6 heteroatoms. The molecule has 0 amide bonds. The van der Waals surface area contributed by atoms with E-state index in [2.05, 4.69) is 0 Å². The van der Waals surface area contributed by atoms with Crippen molar-refractivity contribution in [2.75, 3.05) is 6.54 Å². The number of nitrogens with zero attached hydrogens (tertiary/aromatic N) is 2. The van der Waals surface area contributed by atoms with Crippen LogP contribution in [0.25, 0.3) is 0 Å². The van der Waals surface area contributed by atoms with Crippen LogP contribution in [0.3, 0.4) is 0 Å². The number of aliphatic hydroxyl groups is 1. The molecule has 110 valence electrons. The Bertz CT molecular complexity index is 518. The Morgan fingerprint density at radius 1 is 1.32 bits per heavy atom. The van der Waals surface area contributed by atoms with Crippen molar-refractivity contribution in [1.29, 1.82) is 0 Å². The highest BCUT2D eigenvalue weighted by Gasteiger charge is 2.28. The maximum absolute atomic E-state index is 12.6. The van der Waals surface area contributed by atoms with Gasteiger partial charge >= 0.3 is 0 Å². The summed E-state index contributed by atoms with van der Waals surface area (Å²) in [6.07, 6.45) is 1.55. The molecule has 0 fully saturated rings. The summed E-state index contributed by atoms with van der Waals surface area (Å²) in [6.45, 7) is 8.05. The van der Waals surface area contributed by atoms with Gasteiger partial charge in [-0.1, -0.05) is 13.8 Å². The molecule has 1 heterocycles. The Balaban J connectivity index is 3.18. The molecule has 0 saturated carbocycles. The molecule has 0 aliphatic carbocycles. The fourth-order valence-electron chi connectivity index (χ4n) is 1.96. The summed E-state index contributed by atoms with van der Waals surface area (Å²) in [5, 5.41) is 9.16. The molecule has 1 aromatic rings. The number of hydrogen-bond acceptors (Lipinski definition) is 3. The Kier molecular flexibility index (Phi) is 5.18. The summed E-state index contributed by atoms with van der Waals surface area (Å²) in [5.41, 5.74) is 0.590. The van der Waals surface area contributed by atoms with Crippen molar-refractivity contribution in [2.24, 2.45) is 13.0 Å². The van der Waals surface area contributed by atoms with Crippen LogP contribution in [0.1, 0.15) is 33.4 Å². The van der Waals surface area contributed by atoms with Crippen LogP contribution in [0.2, 0.25) is 0 Å². The van der Waals surface area contributed by atoms with Crippen molar-refractivity contribution in [3.05, 3.63) is 18.0 Å². The fourth-order valence-corrected chi connectivity index (χ4v) is 3.85. The Labute approximate surface area is 115 Å². The normalized spacial score (nSPS) is 12.9. The van der Waals surface area contributed by atoms with E-state index < -0.39 is 10.0 Å². The van der Waals surface area contributed by atoms with Gasteiger partial charge < -0.3 is 9.67 Å². The lowest BCUT2D eigenvalue weighted by atomic mass is 10.2. The summed E-state index contributed by atoms with van der Waals surface area (Å²) in [4.78, 5) is 0.244. The molecule has 19 heavy (non-hydrogen) atoms. The number of aryl methyl sites for hydroxylation is 1. The lowest BCUT2D eigenvalue weighted by Gasteiger charge is -2.27. The Morgan fingerprint density at radius 3 is 2.26 bits per heavy atom. The molecule has 1 rings (SSSR count). The zero-order valence-corrected chi connectivity index (χ0v) is 13.1. The molecule has 0 bridgehead atoms. The van der Waals surface area contributed by atoms with Crippen LogP contribution in [0, 0.1) is 5.92 Å². The average Bonchev–Trinajstić information content (AvgIpc) is 2.67. The lowest BCUT2D eigenvalue weighted by Crippen LogP contribution is -2.39. The standard InChI is InChI=1S/C13H24N2O3S/c1-10(2)7-15(11(3)4)19(17,18)13-6-12(9-16)14(5)8-13/h6,8,10-11,16H,7,9H2,1-5H3. The topological polar surface area (TPSA) is 62.5 Å². The van der Waals surface area contributed by atoms with Crippen molar-refractivity contribution in [3.8, 4) is 0 Å². The minimum absolute atomic E-state index is 0.0924. The summed E-state index contributed by atoms with van der Waals surface area (Å²) < 4.78 is 28.4. The number of aliphatic hydroxyl groups excluding tert-OH is 1.